The van der Waals surface area contributed by atoms with Crippen LogP contribution in [0, 0.1) is 5.82 Å². The zero-order valence-electron chi connectivity index (χ0n) is 9.70. The molecular weight excluding hydrogens is 257 g/mol. The Hall–Kier alpha value is -1.46. The van der Waals surface area contributed by atoms with Crippen molar-refractivity contribution < 1.29 is 8.91 Å². The molecule has 0 amide bonds. The quantitative estimate of drug-likeness (QED) is 0.905. The Morgan fingerprint density at radius 3 is 2.94 bits per heavy atom. The molecule has 1 heterocycles. The van der Waals surface area contributed by atoms with Crippen LogP contribution in [0.3, 0.4) is 0 Å². The van der Waals surface area contributed by atoms with E-state index in [1.807, 2.05) is 0 Å². The highest BCUT2D eigenvalue weighted by Crippen LogP contribution is 2.21. The van der Waals surface area contributed by atoms with E-state index >= 15 is 0 Å². The molecule has 0 saturated heterocycles. The van der Waals surface area contributed by atoms with E-state index in [4.69, 9.17) is 21.9 Å². The second-order valence-corrected chi connectivity index (χ2v) is 4.28. The van der Waals surface area contributed by atoms with Gasteiger partial charge in [-0.25, -0.2) is 4.39 Å². The topological polar surface area (TPSA) is 64.9 Å². The van der Waals surface area contributed by atoms with Gasteiger partial charge >= 0.3 is 0 Å². The first-order valence-corrected chi connectivity index (χ1v) is 6.03. The molecule has 0 fully saturated rings. The highest BCUT2D eigenvalue weighted by atomic mass is 35.5. The summed E-state index contributed by atoms with van der Waals surface area (Å²) in [5, 5.41) is 4.16. The van der Waals surface area contributed by atoms with Gasteiger partial charge in [0.05, 0.1) is 6.42 Å². The van der Waals surface area contributed by atoms with Crippen molar-refractivity contribution in [2.75, 3.05) is 6.54 Å². The lowest BCUT2D eigenvalue weighted by Crippen LogP contribution is -2.01. The summed E-state index contributed by atoms with van der Waals surface area (Å²) in [6.45, 7) is 0.572. The monoisotopic (exact) mass is 269 g/mol. The second-order valence-electron chi connectivity index (χ2n) is 3.87. The van der Waals surface area contributed by atoms with Gasteiger partial charge in [-0.15, -0.1) is 0 Å². The van der Waals surface area contributed by atoms with Gasteiger partial charge < -0.3 is 10.3 Å². The third-order valence-electron chi connectivity index (χ3n) is 2.50. The fraction of sp³-hybridized carbons (Fsp3) is 0.333. The normalized spacial score (nSPS) is 10.8. The zero-order chi connectivity index (χ0) is 13.0. The number of aryl methyl sites for hydroxylation is 1. The molecule has 4 nitrogen and oxygen atoms in total. The van der Waals surface area contributed by atoms with Gasteiger partial charge in [0.25, 0.3) is 0 Å². The van der Waals surface area contributed by atoms with Crippen LogP contribution >= 0.6 is 11.6 Å². The van der Waals surface area contributed by atoms with Gasteiger partial charge in [0.2, 0.25) is 5.89 Å². The summed E-state index contributed by atoms with van der Waals surface area (Å²) in [7, 11) is 0. The average Bonchev–Trinajstić information content (AvgIpc) is 2.79. The lowest BCUT2D eigenvalue weighted by molar-refractivity contribution is 0.377. The lowest BCUT2D eigenvalue weighted by atomic mass is 10.1. The maximum absolute atomic E-state index is 13.6. The van der Waals surface area contributed by atoms with Gasteiger partial charge in [0, 0.05) is 17.0 Å². The summed E-state index contributed by atoms with van der Waals surface area (Å²) in [5.74, 6) is 0.571. The van der Waals surface area contributed by atoms with Gasteiger partial charge in [-0.3, -0.25) is 0 Å². The minimum absolute atomic E-state index is 0.196. The fourth-order valence-corrected chi connectivity index (χ4v) is 1.81. The van der Waals surface area contributed by atoms with Crippen LogP contribution in [0.5, 0.6) is 0 Å². The van der Waals surface area contributed by atoms with Gasteiger partial charge in [-0.1, -0.05) is 22.8 Å². The van der Waals surface area contributed by atoms with Crippen molar-refractivity contribution in [2.24, 2.45) is 5.73 Å². The summed E-state index contributed by atoms with van der Waals surface area (Å²) in [6, 6.07) is 4.54. The van der Waals surface area contributed by atoms with Crippen molar-refractivity contribution >= 4 is 11.6 Å². The van der Waals surface area contributed by atoms with Crippen LogP contribution in [-0.4, -0.2) is 16.7 Å². The Balaban J connectivity index is 2.11. The van der Waals surface area contributed by atoms with Gasteiger partial charge in [-0.05, 0) is 25.1 Å². The average molecular weight is 270 g/mol. The summed E-state index contributed by atoms with van der Waals surface area (Å²) < 4.78 is 18.6. The highest BCUT2D eigenvalue weighted by molar-refractivity contribution is 6.31. The molecule has 0 bridgehead atoms. The summed E-state index contributed by atoms with van der Waals surface area (Å²) in [6.07, 6.45) is 1.64. The molecule has 0 saturated carbocycles. The van der Waals surface area contributed by atoms with E-state index in [1.165, 1.54) is 6.07 Å². The van der Waals surface area contributed by atoms with Crippen molar-refractivity contribution in [1.29, 1.82) is 0 Å². The van der Waals surface area contributed by atoms with Gasteiger partial charge in [-0.2, -0.15) is 4.98 Å². The zero-order valence-corrected chi connectivity index (χ0v) is 10.5. The Labute approximate surface area is 109 Å². The van der Waals surface area contributed by atoms with Crippen molar-refractivity contribution in [2.45, 2.75) is 19.3 Å². The van der Waals surface area contributed by atoms with Crippen LogP contribution in [0.25, 0.3) is 0 Å². The van der Waals surface area contributed by atoms with E-state index in [-0.39, 0.29) is 12.2 Å². The number of nitrogens with zero attached hydrogens (tertiary/aromatic N) is 2. The third-order valence-corrected chi connectivity index (χ3v) is 2.86. The fourth-order valence-electron chi connectivity index (χ4n) is 1.58. The molecule has 2 rings (SSSR count). The van der Waals surface area contributed by atoms with Crippen molar-refractivity contribution in [3.8, 4) is 0 Å². The maximum Gasteiger partial charge on any atom is 0.231 e. The van der Waals surface area contributed by atoms with E-state index < -0.39 is 0 Å². The van der Waals surface area contributed by atoms with Crippen LogP contribution in [0.1, 0.15) is 23.7 Å². The number of rotatable bonds is 5. The summed E-state index contributed by atoms with van der Waals surface area (Å²) in [5.41, 5.74) is 5.76. The lowest BCUT2D eigenvalue weighted by Gasteiger charge is -2.01. The molecule has 96 valence electrons. The SMILES string of the molecule is NCCCc1noc(Cc2c(F)cccc2Cl)n1. The number of benzene rings is 1. The molecule has 0 atom stereocenters. The molecular formula is C12H13ClFN3O. The van der Waals surface area contributed by atoms with E-state index in [0.717, 1.165) is 6.42 Å². The smallest absolute Gasteiger partial charge is 0.231 e. The predicted octanol–water partition coefficient (Wildman–Crippen LogP) is 2.34. The van der Waals surface area contributed by atoms with E-state index in [9.17, 15) is 4.39 Å². The molecule has 0 aliphatic rings. The Bertz CT molecular complexity index is 510. The minimum Gasteiger partial charge on any atom is -0.339 e. The van der Waals surface area contributed by atoms with Gasteiger partial charge in [0.1, 0.15) is 5.82 Å². The molecule has 1 aromatic carbocycles. The van der Waals surface area contributed by atoms with Crippen molar-refractivity contribution in [1.82, 2.24) is 10.1 Å². The van der Waals surface area contributed by atoms with Crippen LogP contribution < -0.4 is 5.73 Å². The first-order valence-electron chi connectivity index (χ1n) is 5.65. The van der Waals surface area contributed by atoms with E-state index in [2.05, 4.69) is 10.1 Å². The maximum atomic E-state index is 13.6. The van der Waals surface area contributed by atoms with Crippen LogP contribution in [0.15, 0.2) is 22.7 Å². The number of hydrogen-bond acceptors (Lipinski definition) is 4. The van der Waals surface area contributed by atoms with Crippen LogP contribution in [0.2, 0.25) is 5.02 Å². The molecule has 0 aliphatic heterocycles. The number of nitrogens with two attached hydrogens (primary N) is 1. The highest BCUT2D eigenvalue weighted by Gasteiger charge is 2.12. The molecule has 6 heteroatoms. The Morgan fingerprint density at radius 1 is 1.39 bits per heavy atom. The Morgan fingerprint density at radius 2 is 2.22 bits per heavy atom. The van der Waals surface area contributed by atoms with Crippen LogP contribution in [0.4, 0.5) is 4.39 Å². The molecule has 2 N–H and O–H groups in total. The predicted molar refractivity (Wildman–Crippen MR) is 65.9 cm³/mol. The third kappa shape index (κ3) is 3.05. The molecule has 2 aromatic rings. The number of halogens is 2. The molecule has 0 aliphatic carbocycles. The number of hydrogen-bond donors (Lipinski definition) is 1. The molecule has 1 aromatic heterocycles. The minimum atomic E-state index is -0.371. The largest absolute Gasteiger partial charge is 0.339 e. The molecule has 0 spiro atoms. The van der Waals surface area contributed by atoms with E-state index in [0.29, 0.717) is 35.3 Å². The van der Waals surface area contributed by atoms with Crippen molar-refractivity contribution in [3.63, 3.8) is 0 Å². The molecule has 0 unspecified atom stereocenters. The van der Waals surface area contributed by atoms with Gasteiger partial charge in [0.15, 0.2) is 5.82 Å². The van der Waals surface area contributed by atoms with E-state index in [1.54, 1.807) is 12.1 Å². The standard InChI is InChI=1S/C12H13ClFN3O/c13-9-3-1-4-10(14)8(9)7-12-16-11(17-18-12)5-2-6-15/h1,3-4H,2,5-7,15H2. The molecule has 18 heavy (non-hydrogen) atoms. The first kappa shape index (κ1) is 13.0. The summed E-state index contributed by atoms with van der Waals surface area (Å²) in [4.78, 5) is 4.17. The second kappa shape index (κ2) is 5.93. The van der Waals surface area contributed by atoms with Crippen LogP contribution in [-0.2, 0) is 12.8 Å². The summed E-state index contributed by atoms with van der Waals surface area (Å²) >= 11 is 5.92. The molecule has 0 radical (unpaired) electrons. The first-order chi connectivity index (χ1) is 8.70. The number of aromatic nitrogens is 2. The van der Waals surface area contributed by atoms with Crippen molar-refractivity contribution in [3.05, 3.63) is 46.3 Å². The Kier molecular flexibility index (Phi) is 4.28.